The van der Waals surface area contributed by atoms with Crippen LogP contribution < -0.4 is 5.32 Å². The highest BCUT2D eigenvalue weighted by Gasteiger charge is 2.24. The number of rotatable bonds is 5. The molecule has 0 aliphatic carbocycles. The van der Waals surface area contributed by atoms with Crippen LogP contribution in [0.1, 0.15) is 29.0 Å². The largest absolute Gasteiger partial charge is 0.477 e. The maximum absolute atomic E-state index is 11.4. The normalized spacial score (nSPS) is 17.8. The second kappa shape index (κ2) is 6.50. The maximum atomic E-state index is 11.4. The van der Waals surface area contributed by atoms with E-state index in [0.717, 1.165) is 12.8 Å². The molecule has 1 aliphatic heterocycles. The van der Waals surface area contributed by atoms with Crippen LogP contribution in [0, 0.1) is 0 Å². The minimum atomic E-state index is -3.10. The second-order valence-electron chi connectivity index (χ2n) is 5.14. The minimum absolute atomic E-state index is 0.0289. The van der Waals surface area contributed by atoms with Crippen LogP contribution in [0.2, 0.25) is 0 Å². The summed E-state index contributed by atoms with van der Waals surface area (Å²) >= 11 is 0. The molecule has 2 N–H and O–H groups in total. The molecule has 0 radical (unpaired) electrons. The number of aromatic nitrogens is 1. The molecule has 2 rings (SSSR count). The zero-order valence-electron chi connectivity index (χ0n) is 11.8. The molecule has 0 aromatic carbocycles. The number of piperidine rings is 1. The molecule has 116 valence electrons. The van der Waals surface area contributed by atoms with Crippen molar-refractivity contribution in [1.29, 1.82) is 0 Å². The molecule has 1 aromatic heterocycles. The first-order valence-corrected chi connectivity index (χ1v) is 8.59. The summed E-state index contributed by atoms with van der Waals surface area (Å²) in [5.41, 5.74) is 0.696. The number of nitrogens with zero attached hydrogens (tertiary/aromatic N) is 2. The Kier molecular flexibility index (Phi) is 4.92. The van der Waals surface area contributed by atoms with Gasteiger partial charge in [-0.05, 0) is 25.0 Å². The van der Waals surface area contributed by atoms with Crippen LogP contribution in [0.5, 0.6) is 0 Å². The van der Waals surface area contributed by atoms with E-state index in [9.17, 15) is 13.2 Å². The molecule has 0 bridgehead atoms. The van der Waals surface area contributed by atoms with Crippen LogP contribution in [-0.2, 0) is 16.6 Å². The Morgan fingerprint density at radius 2 is 2.10 bits per heavy atom. The summed E-state index contributed by atoms with van der Waals surface area (Å²) < 4.78 is 24.3. The molecule has 7 nitrogen and oxygen atoms in total. The molecule has 0 atom stereocenters. The number of carboxylic acids is 1. The Balaban J connectivity index is 1.85. The number of sulfonamides is 1. The lowest BCUT2D eigenvalue weighted by Gasteiger charge is -2.30. The molecule has 1 aliphatic rings. The highest BCUT2D eigenvalue weighted by molar-refractivity contribution is 7.88. The summed E-state index contributed by atoms with van der Waals surface area (Å²) in [6, 6.07) is 5.11. The van der Waals surface area contributed by atoms with Crippen molar-refractivity contribution in [3.8, 4) is 0 Å². The molecule has 0 amide bonds. The van der Waals surface area contributed by atoms with E-state index in [2.05, 4.69) is 10.3 Å². The summed E-state index contributed by atoms with van der Waals surface area (Å²) in [7, 11) is -3.10. The number of nitrogens with one attached hydrogen (secondary N) is 1. The van der Waals surface area contributed by atoms with Crippen LogP contribution in [0.15, 0.2) is 18.2 Å². The third kappa shape index (κ3) is 4.48. The molecule has 1 aromatic rings. The molecule has 0 spiro atoms. The fraction of sp³-hybridized carbons (Fsp3) is 0.538. The second-order valence-corrected chi connectivity index (χ2v) is 7.12. The SMILES string of the molecule is CS(=O)(=O)N1CCC(NCc2cccc(C(=O)O)n2)CC1. The highest BCUT2D eigenvalue weighted by atomic mass is 32.2. The Morgan fingerprint density at radius 3 is 2.67 bits per heavy atom. The summed E-state index contributed by atoms with van der Waals surface area (Å²) in [5, 5.41) is 12.2. The van der Waals surface area contributed by atoms with Crippen molar-refractivity contribution in [2.75, 3.05) is 19.3 Å². The number of carboxylic acid groups (broad SMARTS) is 1. The lowest BCUT2D eigenvalue weighted by molar-refractivity contribution is 0.0690. The number of pyridine rings is 1. The Labute approximate surface area is 124 Å². The zero-order valence-corrected chi connectivity index (χ0v) is 12.6. The Morgan fingerprint density at radius 1 is 1.43 bits per heavy atom. The number of aromatic carboxylic acids is 1. The van der Waals surface area contributed by atoms with Gasteiger partial charge in [0.25, 0.3) is 0 Å². The van der Waals surface area contributed by atoms with Crippen molar-refractivity contribution in [2.24, 2.45) is 0 Å². The van der Waals surface area contributed by atoms with E-state index in [0.29, 0.717) is 25.3 Å². The average Bonchev–Trinajstić information content (AvgIpc) is 2.45. The maximum Gasteiger partial charge on any atom is 0.354 e. The molecular weight excluding hydrogens is 294 g/mol. The van der Waals surface area contributed by atoms with Crippen molar-refractivity contribution < 1.29 is 18.3 Å². The predicted octanol–water partition coefficient (Wildman–Crippen LogP) is 0.293. The van der Waals surface area contributed by atoms with Gasteiger partial charge < -0.3 is 10.4 Å². The van der Waals surface area contributed by atoms with Gasteiger partial charge in [0.1, 0.15) is 5.69 Å². The molecular formula is C13H19N3O4S. The van der Waals surface area contributed by atoms with E-state index in [1.807, 2.05) is 0 Å². The van der Waals surface area contributed by atoms with E-state index in [-0.39, 0.29) is 11.7 Å². The van der Waals surface area contributed by atoms with Gasteiger partial charge in [0, 0.05) is 25.7 Å². The van der Waals surface area contributed by atoms with Gasteiger partial charge in [0.15, 0.2) is 0 Å². The van der Waals surface area contributed by atoms with Crippen molar-refractivity contribution >= 4 is 16.0 Å². The van der Waals surface area contributed by atoms with Gasteiger partial charge in [-0.1, -0.05) is 6.07 Å². The van der Waals surface area contributed by atoms with Gasteiger partial charge in [0.05, 0.1) is 11.9 Å². The average molecular weight is 313 g/mol. The van der Waals surface area contributed by atoms with Crippen LogP contribution in [0.25, 0.3) is 0 Å². The van der Waals surface area contributed by atoms with Gasteiger partial charge >= 0.3 is 5.97 Å². The van der Waals surface area contributed by atoms with Crippen LogP contribution >= 0.6 is 0 Å². The van der Waals surface area contributed by atoms with Crippen LogP contribution in [0.3, 0.4) is 0 Å². The van der Waals surface area contributed by atoms with E-state index < -0.39 is 16.0 Å². The quantitative estimate of drug-likeness (QED) is 0.811. The lowest BCUT2D eigenvalue weighted by Crippen LogP contribution is -2.44. The van der Waals surface area contributed by atoms with E-state index in [1.54, 1.807) is 12.1 Å². The molecule has 1 saturated heterocycles. The Hall–Kier alpha value is -1.51. The van der Waals surface area contributed by atoms with Crippen LogP contribution in [0.4, 0.5) is 0 Å². The fourth-order valence-corrected chi connectivity index (χ4v) is 3.21. The summed E-state index contributed by atoms with van der Waals surface area (Å²) in [6.07, 6.45) is 2.71. The predicted molar refractivity (Wildman–Crippen MR) is 77.5 cm³/mol. The number of hydrogen-bond donors (Lipinski definition) is 2. The smallest absolute Gasteiger partial charge is 0.354 e. The highest BCUT2D eigenvalue weighted by Crippen LogP contribution is 2.13. The molecule has 0 saturated carbocycles. The monoisotopic (exact) mass is 313 g/mol. The first-order valence-electron chi connectivity index (χ1n) is 6.74. The lowest BCUT2D eigenvalue weighted by atomic mass is 10.1. The van der Waals surface area contributed by atoms with Gasteiger partial charge in [-0.25, -0.2) is 22.5 Å². The summed E-state index contributed by atoms with van der Waals surface area (Å²) in [6.45, 7) is 1.50. The first-order chi connectivity index (χ1) is 9.86. The van der Waals surface area contributed by atoms with E-state index in [1.165, 1.54) is 16.6 Å². The molecule has 1 fully saturated rings. The minimum Gasteiger partial charge on any atom is -0.477 e. The Bertz CT molecular complexity index is 610. The molecule has 0 unspecified atom stereocenters. The van der Waals surface area contributed by atoms with Crippen molar-refractivity contribution in [3.05, 3.63) is 29.6 Å². The summed E-state index contributed by atoms with van der Waals surface area (Å²) in [4.78, 5) is 14.9. The standard InChI is InChI=1S/C13H19N3O4S/c1-21(19,20)16-7-5-10(6-8-16)14-9-11-3-2-4-12(15-11)13(17)18/h2-4,10,14H,5-9H2,1H3,(H,17,18). The van der Waals surface area contributed by atoms with Gasteiger partial charge in [0.2, 0.25) is 10.0 Å². The zero-order chi connectivity index (χ0) is 15.5. The molecule has 2 heterocycles. The van der Waals surface area contributed by atoms with Gasteiger partial charge in [-0.15, -0.1) is 0 Å². The van der Waals surface area contributed by atoms with Crippen molar-refractivity contribution in [2.45, 2.75) is 25.4 Å². The summed E-state index contributed by atoms with van der Waals surface area (Å²) in [5.74, 6) is -1.04. The van der Waals surface area contributed by atoms with Gasteiger partial charge in [-0.3, -0.25) is 0 Å². The third-order valence-electron chi connectivity index (χ3n) is 3.52. The molecule has 8 heteroatoms. The molecule has 21 heavy (non-hydrogen) atoms. The number of hydrogen-bond acceptors (Lipinski definition) is 5. The van der Waals surface area contributed by atoms with E-state index in [4.69, 9.17) is 5.11 Å². The van der Waals surface area contributed by atoms with Crippen molar-refractivity contribution in [3.63, 3.8) is 0 Å². The van der Waals surface area contributed by atoms with Crippen LogP contribution in [-0.4, -0.2) is 54.2 Å². The number of carbonyl (C=O) groups is 1. The fourth-order valence-electron chi connectivity index (χ4n) is 2.34. The van der Waals surface area contributed by atoms with Crippen molar-refractivity contribution in [1.82, 2.24) is 14.6 Å². The third-order valence-corrected chi connectivity index (χ3v) is 4.82. The topological polar surface area (TPSA) is 99.6 Å². The van der Waals surface area contributed by atoms with Gasteiger partial charge in [-0.2, -0.15) is 0 Å². The first kappa shape index (κ1) is 15.9. The van der Waals surface area contributed by atoms with E-state index >= 15 is 0 Å².